The monoisotopic (exact) mass is 334 g/mol. The zero-order valence-electron chi connectivity index (χ0n) is 14.6. The van der Waals surface area contributed by atoms with Gasteiger partial charge in [-0.25, -0.2) is 0 Å². The summed E-state index contributed by atoms with van der Waals surface area (Å²) in [5.41, 5.74) is 1.26. The summed E-state index contributed by atoms with van der Waals surface area (Å²) in [5.74, 6) is 0.288. The van der Waals surface area contributed by atoms with Crippen LogP contribution in [0.15, 0.2) is 18.2 Å². The smallest absolute Gasteiger partial charge is 0.242 e. The van der Waals surface area contributed by atoms with E-state index in [9.17, 15) is 14.7 Å². The SMILES string of the molecule is CC(=O)NCC(=O)N1CCCC(O)(COc2ccc(C)c(C)c2)C1. The normalized spacial score (nSPS) is 20.6. The number of carbonyl (C=O) groups excluding carboxylic acids is 2. The number of amides is 2. The van der Waals surface area contributed by atoms with E-state index in [2.05, 4.69) is 5.32 Å². The first-order valence-corrected chi connectivity index (χ1v) is 8.24. The van der Waals surface area contributed by atoms with Gasteiger partial charge >= 0.3 is 0 Å². The number of hydrogen-bond donors (Lipinski definition) is 2. The van der Waals surface area contributed by atoms with Gasteiger partial charge in [0.05, 0.1) is 13.1 Å². The summed E-state index contributed by atoms with van der Waals surface area (Å²) >= 11 is 0. The highest BCUT2D eigenvalue weighted by atomic mass is 16.5. The molecule has 2 amide bonds. The molecule has 1 atom stereocenters. The molecule has 132 valence electrons. The Balaban J connectivity index is 1.92. The number of carbonyl (C=O) groups is 2. The second kappa shape index (κ2) is 7.66. The summed E-state index contributed by atoms with van der Waals surface area (Å²) in [6, 6.07) is 5.81. The number of rotatable bonds is 5. The molecular formula is C18H26N2O4. The summed E-state index contributed by atoms with van der Waals surface area (Å²) in [6.07, 6.45) is 1.29. The lowest BCUT2D eigenvalue weighted by Crippen LogP contribution is -2.54. The third-order valence-electron chi connectivity index (χ3n) is 4.38. The van der Waals surface area contributed by atoms with E-state index >= 15 is 0 Å². The Kier molecular flexibility index (Phi) is 5.83. The maximum atomic E-state index is 12.1. The standard InChI is InChI=1S/C18H26N2O4/c1-13-5-6-16(9-14(13)2)24-12-18(23)7-4-8-20(11-18)17(22)10-19-15(3)21/h5-6,9,23H,4,7-8,10-12H2,1-3H3,(H,19,21). The lowest BCUT2D eigenvalue weighted by molar-refractivity contribution is -0.140. The van der Waals surface area contributed by atoms with E-state index in [0.717, 1.165) is 5.56 Å². The van der Waals surface area contributed by atoms with Crippen LogP contribution in [0.1, 0.15) is 30.9 Å². The Hall–Kier alpha value is -2.08. The number of piperidine rings is 1. The van der Waals surface area contributed by atoms with Crippen molar-refractivity contribution >= 4 is 11.8 Å². The van der Waals surface area contributed by atoms with Gasteiger partial charge in [-0.15, -0.1) is 0 Å². The second-order valence-corrected chi connectivity index (χ2v) is 6.59. The third-order valence-corrected chi connectivity index (χ3v) is 4.38. The molecule has 0 radical (unpaired) electrons. The molecule has 1 heterocycles. The summed E-state index contributed by atoms with van der Waals surface area (Å²) in [7, 11) is 0. The molecule has 1 unspecified atom stereocenters. The molecule has 0 spiro atoms. The molecule has 1 aromatic carbocycles. The molecule has 24 heavy (non-hydrogen) atoms. The summed E-state index contributed by atoms with van der Waals surface area (Å²) in [5, 5.41) is 13.2. The second-order valence-electron chi connectivity index (χ2n) is 6.59. The van der Waals surface area contributed by atoms with Crippen LogP contribution in [0.25, 0.3) is 0 Å². The maximum Gasteiger partial charge on any atom is 0.242 e. The van der Waals surface area contributed by atoms with Crippen molar-refractivity contribution < 1.29 is 19.4 Å². The molecule has 0 aliphatic carbocycles. The Morgan fingerprint density at radius 1 is 1.33 bits per heavy atom. The molecule has 6 heteroatoms. The van der Waals surface area contributed by atoms with Gasteiger partial charge in [0.2, 0.25) is 11.8 Å². The van der Waals surface area contributed by atoms with E-state index < -0.39 is 5.60 Å². The molecule has 1 saturated heterocycles. The molecular weight excluding hydrogens is 308 g/mol. The van der Waals surface area contributed by atoms with Crippen LogP contribution in [-0.4, -0.2) is 53.7 Å². The Bertz CT molecular complexity index is 617. The number of aliphatic hydroxyl groups is 1. The molecule has 2 N–H and O–H groups in total. The zero-order chi connectivity index (χ0) is 17.7. The lowest BCUT2D eigenvalue weighted by atomic mass is 9.93. The van der Waals surface area contributed by atoms with Crippen LogP contribution in [0.5, 0.6) is 5.75 Å². The van der Waals surface area contributed by atoms with Crippen LogP contribution in [0.2, 0.25) is 0 Å². The van der Waals surface area contributed by atoms with Gasteiger partial charge in [0.25, 0.3) is 0 Å². The van der Waals surface area contributed by atoms with Crippen LogP contribution in [-0.2, 0) is 9.59 Å². The minimum Gasteiger partial charge on any atom is -0.491 e. The van der Waals surface area contributed by atoms with Crippen molar-refractivity contribution in [2.75, 3.05) is 26.2 Å². The summed E-state index contributed by atoms with van der Waals surface area (Å²) < 4.78 is 5.75. The fraction of sp³-hybridized carbons (Fsp3) is 0.556. The van der Waals surface area contributed by atoms with Gasteiger partial charge in [-0.05, 0) is 49.9 Å². The van der Waals surface area contributed by atoms with E-state index in [-0.39, 0.29) is 31.5 Å². The van der Waals surface area contributed by atoms with Gasteiger partial charge in [0.1, 0.15) is 18.0 Å². The van der Waals surface area contributed by atoms with Crippen molar-refractivity contribution in [2.24, 2.45) is 0 Å². The van der Waals surface area contributed by atoms with Gasteiger partial charge in [-0.1, -0.05) is 6.07 Å². The van der Waals surface area contributed by atoms with Crippen LogP contribution in [0.4, 0.5) is 0 Å². The molecule has 2 rings (SSSR count). The number of hydrogen-bond acceptors (Lipinski definition) is 4. The van der Waals surface area contributed by atoms with E-state index in [1.54, 1.807) is 4.90 Å². The molecule has 6 nitrogen and oxygen atoms in total. The quantitative estimate of drug-likeness (QED) is 0.847. The van der Waals surface area contributed by atoms with Gasteiger partial charge in [0.15, 0.2) is 0 Å². The molecule has 0 aromatic heterocycles. The van der Waals surface area contributed by atoms with Crippen molar-refractivity contribution in [2.45, 2.75) is 39.2 Å². The Morgan fingerprint density at radius 3 is 2.75 bits per heavy atom. The Morgan fingerprint density at radius 2 is 2.08 bits per heavy atom. The molecule has 1 aliphatic heterocycles. The predicted octanol–water partition coefficient (Wildman–Crippen LogP) is 1.17. The summed E-state index contributed by atoms with van der Waals surface area (Å²) in [6.45, 7) is 6.33. The van der Waals surface area contributed by atoms with Crippen molar-refractivity contribution in [3.63, 3.8) is 0 Å². The number of ether oxygens (including phenoxy) is 1. The van der Waals surface area contributed by atoms with E-state index in [1.807, 2.05) is 32.0 Å². The first-order chi connectivity index (χ1) is 11.3. The van der Waals surface area contributed by atoms with Crippen molar-refractivity contribution in [3.8, 4) is 5.75 Å². The minimum absolute atomic E-state index is 0.0383. The Labute approximate surface area is 142 Å². The molecule has 0 saturated carbocycles. The molecule has 1 aliphatic rings. The maximum absolute atomic E-state index is 12.1. The average molecular weight is 334 g/mol. The lowest BCUT2D eigenvalue weighted by Gasteiger charge is -2.39. The summed E-state index contributed by atoms with van der Waals surface area (Å²) in [4.78, 5) is 24.6. The average Bonchev–Trinajstić information content (AvgIpc) is 2.54. The number of benzene rings is 1. The first-order valence-electron chi connectivity index (χ1n) is 8.24. The van der Waals surface area contributed by atoms with E-state index in [0.29, 0.717) is 25.1 Å². The number of nitrogens with zero attached hydrogens (tertiary/aromatic N) is 1. The van der Waals surface area contributed by atoms with Gasteiger partial charge < -0.3 is 20.1 Å². The number of likely N-dealkylation sites (tertiary alicyclic amines) is 1. The molecule has 1 aromatic rings. The number of aryl methyl sites for hydroxylation is 2. The van der Waals surface area contributed by atoms with Crippen molar-refractivity contribution in [1.29, 1.82) is 0 Å². The largest absolute Gasteiger partial charge is 0.491 e. The van der Waals surface area contributed by atoms with Crippen molar-refractivity contribution in [1.82, 2.24) is 10.2 Å². The topological polar surface area (TPSA) is 78.9 Å². The van der Waals surface area contributed by atoms with Crippen LogP contribution < -0.4 is 10.1 Å². The van der Waals surface area contributed by atoms with Gasteiger partial charge in [-0.3, -0.25) is 9.59 Å². The predicted molar refractivity (Wildman–Crippen MR) is 90.9 cm³/mol. The molecule has 1 fully saturated rings. The number of nitrogens with one attached hydrogen (secondary N) is 1. The van der Waals surface area contributed by atoms with Crippen LogP contribution >= 0.6 is 0 Å². The highest BCUT2D eigenvalue weighted by molar-refractivity contribution is 5.83. The van der Waals surface area contributed by atoms with Crippen LogP contribution in [0.3, 0.4) is 0 Å². The fourth-order valence-corrected chi connectivity index (χ4v) is 2.78. The zero-order valence-corrected chi connectivity index (χ0v) is 14.6. The minimum atomic E-state index is -1.07. The highest BCUT2D eigenvalue weighted by Gasteiger charge is 2.36. The van der Waals surface area contributed by atoms with E-state index in [4.69, 9.17) is 4.74 Å². The van der Waals surface area contributed by atoms with Crippen molar-refractivity contribution in [3.05, 3.63) is 29.3 Å². The van der Waals surface area contributed by atoms with Crippen LogP contribution in [0, 0.1) is 13.8 Å². The van der Waals surface area contributed by atoms with E-state index in [1.165, 1.54) is 12.5 Å². The van der Waals surface area contributed by atoms with Gasteiger partial charge in [0, 0.05) is 13.5 Å². The fourth-order valence-electron chi connectivity index (χ4n) is 2.78. The third kappa shape index (κ3) is 4.96. The van der Waals surface area contributed by atoms with Gasteiger partial charge in [-0.2, -0.15) is 0 Å². The number of β-amino-alcohol motifs (C(OH)–C–C–N with tert-alkyl or cyclic N) is 1. The first kappa shape index (κ1) is 18.3. The highest BCUT2D eigenvalue weighted by Crippen LogP contribution is 2.24. The molecule has 0 bridgehead atoms.